The molecular formula is C18H24F3IN4O. The average molecular weight is 496 g/mol. The van der Waals surface area contributed by atoms with Crippen molar-refractivity contribution in [3.8, 4) is 0 Å². The molecule has 0 amide bonds. The molecule has 0 fully saturated rings. The third kappa shape index (κ3) is 7.04. The van der Waals surface area contributed by atoms with E-state index in [1.54, 1.807) is 13.2 Å². The van der Waals surface area contributed by atoms with E-state index in [2.05, 4.69) is 20.6 Å². The van der Waals surface area contributed by atoms with Gasteiger partial charge in [0.1, 0.15) is 5.76 Å². The largest absolute Gasteiger partial charge is 0.443 e. The summed E-state index contributed by atoms with van der Waals surface area (Å²) < 4.78 is 43.4. The topological polar surface area (TPSA) is 62.5 Å². The fraction of sp³-hybridized carbons (Fsp3) is 0.444. The van der Waals surface area contributed by atoms with Gasteiger partial charge in [0.2, 0.25) is 5.89 Å². The molecule has 0 saturated heterocycles. The molecule has 0 radical (unpaired) electrons. The van der Waals surface area contributed by atoms with Crippen molar-refractivity contribution < 1.29 is 17.6 Å². The summed E-state index contributed by atoms with van der Waals surface area (Å²) in [5.74, 6) is 1.83. The second kappa shape index (κ2) is 9.43. The third-order valence-electron chi connectivity index (χ3n) is 3.66. The summed E-state index contributed by atoms with van der Waals surface area (Å²) in [6, 6.07) is 5.00. The summed E-state index contributed by atoms with van der Waals surface area (Å²) >= 11 is 0. The summed E-state index contributed by atoms with van der Waals surface area (Å²) in [5.41, 5.74) is -0.0669. The van der Waals surface area contributed by atoms with Gasteiger partial charge in [-0.3, -0.25) is 4.99 Å². The maximum absolute atomic E-state index is 12.6. The van der Waals surface area contributed by atoms with E-state index in [1.807, 2.05) is 20.8 Å². The summed E-state index contributed by atoms with van der Waals surface area (Å²) in [6.45, 7) is 6.80. The van der Waals surface area contributed by atoms with Crippen molar-refractivity contribution >= 4 is 29.9 Å². The second-order valence-corrected chi connectivity index (χ2v) is 6.84. The van der Waals surface area contributed by atoms with Crippen molar-refractivity contribution in [2.24, 2.45) is 4.99 Å². The van der Waals surface area contributed by atoms with Gasteiger partial charge < -0.3 is 15.1 Å². The maximum atomic E-state index is 12.6. The van der Waals surface area contributed by atoms with E-state index in [-0.39, 0.29) is 29.4 Å². The van der Waals surface area contributed by atoms with Crippen molar-refractivity contribution in [3.63, 3.8) is 0 Å². The maximum Gasteiger partial charge on any atom is 0.416 e. The van der Waals surface area contributed by atoms with Gasteiger partial charge in [-0.2, -0.15) is 13.2 Å². The molecule has 150 valence electrons. The Labute approximate surface area is 173 Å². The van der Waals surface area contributed by atoms with Gasteiger partial charge in [0, 0.05) is 19.0 Å². The lowest BCUT2D eigenvalue weighted by molar-refractivity contribution is -0.137. The normalized spacial score (nSPS) is 12.5. The SMILES string of the molecule is CN=C(NCc1ccc(C(F)(F)F)cc1)NCc1ncc(C(C)(C)C)o1.I. The van der Waals surface area contributed by atoms with E-state index in [0.29, 0.717) is 30.5 Å². The lowest BCUT2D eigenvalue weighted by Crippen LogP contribution is -2.36. The van der Waals surface area contributed by atoms with Crippen LogP contribution in [-0.2, 0) is 24.7 Å². The Morgan fingerprint density at radius 1 is 1.07 bits per heavy atom. The molecule has 1 aromatic carbocycles. The zero-order valence-electron chi connectivity index (χ0n) is 15.6. The summed E-state index contributed by atoms with van der Waals surface area (Å²) in [4.78, 5) is 8.30. The average Bonchev–Trinajstić information content (AvgIpc) is 3.04. The first-order chi connectivity index (χ1) is 12.1. The van der Waals surface area contributed by atoms with Crippen LogP contribution < -0.4 is 10.6 Å². The van der Waals surface area contributed by atoms with Crippen LogP contribution in [0.3, 0.4) is 0 Å². The van der Waals surface area contributed by atoms with E-state index in [9.17, 15) is 13.2 Å². The van der Waals surface area contributed by atoms with Crippen molar-refractivity contribution in [1.29, 1.82) is 0 Å². The monoisotopic (exact) mass is 496 g/mol. The van der Waals surface area contributed by atoms with E-state index < -0.39 is 11.7 Å². The minimum absolute atomic E-state index is 0. The molecule has 1 heterocycles. The smallest absolute Gasteiger partial charge is 0.416 e. The molecule has 0 bridgehead atoms. The number of guanidine groups is 1. The van der Waals surface area contributed by atoms with Crippen LogP contribution in [0, 0.1) is 0 Å². The molecule has 0 unspecified atom stereocenters. The van der Waals surface area contributed by atoms with Crippen LogP contribution in [0.5, 0.6) is 0 Å². The Hall–Kier alpha value is -1.78. The van der Waals surface area contributed by atoms with Crippen LogP contribution >= 0.6 is 24.0 Å². The quantitative estimate of drug-likeness (QED) is 0.373. The van der Waals surface area contributed by atoms with Gasteiger partial charge in [-0.1, -0.05) is 32.9 Å². The predicted octanol–water partition coefficient (Wildman–Crippen LogP) is 4.47. The minimum Gasteiger partial charge on any atom is -0.443 e. The van der Waals surface area contributed by atoms with Crippen molar-refractivity contribution in [1.82, 2.24) is 15.6 Å². The third-order valence-corrected chi connectivity index (χ3v) is 3.66. The van der Waals surface area contributed by atoms with Crippen LogP contribution in [0.2, 0.25) is 0 Å². The number of nitrogens with one attached hydrogen (secondary N) is 2. The summed E-state index contributed by atoms with van der Waals surface area (Å²) in [7, 11) is 1.61. The van der Waals surface area contributed by atoms with Crippen molar-refractivity contribution in [2.75, 3.05) is 7.05 Å². The highest BCUT2D eigenvalue weighted by Gasteiger charge is 2.29. The molecule has 0 atom stereocenters. The number of oxazole rings is 1. The number of nitrogens with zero attached hydrogens (tertiary/aromatic N) is 2. The van der Waals surface area contributed by atoms with Crippen LogP contribution in [-0.4, -0.2) is 18.0 Å². The van der Waals surface area contributed by atoms with Crippen LogP contribution in [0.4, 0.5) is 13.2 Å². The van der Waals surface area contributed by atoms with Crippen molar-refractivity contribution in [3.05, 3.63) is 53.2 Å². The molecule has 1 aromatic heterocycles. The Morgan fingerprint density at radius 3 is 2.15 bits per heavy atom. The molecular weight excluding hydrogens is 472 g/mol. The van der Waals surface area contributed by atoms with Crippen LogP contribution in [0.1, 0.15) is 43.5 Å². The van der Waals surface area contributed by atoms with Gasteiger partial charge in [-0.25, -0.2) is 4.98 Å². The Morgan fingerprint density at radius 2 is 1.67 bits per heavy atom. The molecule has 2 aromatic rings. The van der Waals surface area contributed by atoms with Gasteiger partial charge in [0.25, 0.3) is 0 Å². The number of aromatic nitrogens is 1. The highest BCUT2D eigenvalue weighted by Crippen LogP contribution is 2.29. The van der Waals surface area contributed by atoms with Gasteiger partial charge in [0.15, 0.2) is 5.96 Å². The number of rotatable bonds is 4. The first-order valence-corrected chi connectivity index (χ1v) is 8.15. The molecule has 2 rings (SSSR count). The Balaban J connectivity index is 0.00000364. The molecule has 5 nitrogen and oxygen atoms in total. The molecule has 0 spiro atoms. The lowest BCUT2D eigenvalue weighted by Gasteiger charge is -2.13. The zero-order valence-corrected chi connectivity index (χ0v) is 18.0. The van der Waals surface area contributed by atoms with E-state index in [0.717, 1.165) is 17.9 Å². The molecule has 0 saturated carbocycles. The van der Waals surface area contributed by atoms with E-state index >= 15 is 0 Å². The standard InChI is InChI=1S/C18H23F3N4O.HI/c1-17(2,3)14-10-23-15(26-14)11-25-16(22-4)24-9-12-5-7-13(8-6-12)18(19,20)21;/h5-8,10H,9,11H2,1-4H3,(H2,22,24,25);1H. The highest BCUT2D eigenvalue weighted by molar-refractivity contribution is 14.0. The number of benzene rings is 1. The molecule has 0 aliphatic carbocycles. The number of hydrogen-bond acceptors (Lipinski definition) is 3. The Kier molecular flexibility index (Phi) is 8.12. The first kappa shape index (κ1) is 23.3. The number of aliphatic imine (C=N–C) groups is 1. The minimum atomic E-state index is -4.33. The highest BCUT2D eigenvalue weighted by atomic mass is 127. The van der Waals surface area contributed by atoms with Crippen LogP contribution in [0.25, 0.3) is 0 Å². The van der Waals surface area contributed by atoms with Crippen LogP contribution in [0.15, 0.2) is 39.9 Å². The number of alkyl halides is 3. The van der Waals surface area contributed by atoms with Crippen molar-refractivity contribution in [2.45, 2.75) is 45.5 Å². The predicted molar refractivity (Wildman–Crippen MR) is 109 cm³/mol. The van der Waals surface area contributed by atoms with E-state index in [4.69, 9.17) is 4.42 Å². The fourth-order valence-corrected chi connectivity index (χ4v) is 2.12. The summed E-state index contributed by atoms with van der Waals surface area (Å²) in [5, 5.41) is 6.10. The van der Waals surface area contributed by atoms with Gasteiger partial charge in [-0.15, -0.1) is 24.0 Å². The fourth-order valence-electron chi connectivity index (χ4n) is 2.12. The number of halogens is 4. The molecule has 0 aliphatic heterocycles. The lowest BCUT2D eigenvalue weighted by atomic mass is 9.94. The molecule has 2 N–H and O–H groups in total. The molecule has 27 heavy (non-hydrogen) atoms. The van der Waals surface area contributed by atoms with E-state index in [1.165, 1.54) is 12.1 Å². The summed E-state index contributed by atoms with van der Waals surface area (Å²) in [6.07, 6.45) is -2.62. The zero-order chi connectivity index (χ0) is 19.4. The molecule has 0 aliphatic rings. The van der Waals surface area contributed by atoms with Gasteiger partial charge in [-0.05, 0) is 17.7 Å². The Bertz CT molecular complexity index is 749. The van der Waals surface area contributed by atoms with Gasteiger partial charge >= 0.3 is 6.18 Å². The van der Waals surface area contributed by atoms with Gasteiger partial charge in [0.05, 0.1) is 18.3 Å². The second-order valence-electron chi connectivity index (χ2n) is 6.84. The number of hydrogen-bond donors (Lipinski definition) is 2. The molecule has 9 heteroatoms. The first-order valence-electron chi connectivity index (χ1n) is 8.15.